The third-order valence-corrected chi connectivity index (χ3v) is 4.49. The maximum atomic E-state index is 13.4. The van der Waals surface area contributed by atoms with Gasteiger partial charge in [-0.2, -0.15) is 0 Å². The minimum atomic E-state index is -0.281. The summed E-state index contributed by atoms with van der Waals surface area (Å²) in [5.41, 5.74) is 4.57. The fraction of sp³-hybridized carbons (Fsp3) is 0.308. The van der Waals surface area contributed by atoms with Crippen molar-refractivity contribution in [3.8, 4) is 0 Å². The summed E-state index contributed by atoms with van der Waals surface area (Å²) in [5.74, 6) is 5.31. The minimum absolute atomic E-state index is 0.156. The van der Waals surface area contributed by atoms with Gasteiger partial charge in [0.25, 0.3) is 0 Å². The molecule has 0 fully saturated rings. The molecule has 0 bridgehead atoms. The van der Waals surface area contributed by atoms with Gasteiger partial charge in [-0.25, -0.2) is 9.37 Å². The summed E-state index contributed by atoms with van der Waals surface area (Å²) >= 11 is 4.94. The number of hydrogen-bond acceptors (Lipinski definition) is 4. The first kappa shape index (κ1) is 14.6. The molecular weight excluding hydrogens is 329 g/mol. The van der Waals surface area contributed by atoms with E-state index in [9.17, 15) is 4.39 Å². The number of thiazole rings is 1. The third-order valence-electron chi connectivity index (χ3n) is 2.94. The maximum absolute atomic E-state index is 13.4. The van der Waals surface area contributed by atoms with Gasteiger partial charge < -0.3 is 0 Å². The maximum Gasteiger partial charge on any atom is 0.124 e. The second kappa shape index (κ2) is 6.09. The fourth-order valence-electron chi connectivity index (χ4n) is 1.85. The standard InChI is InChI=1S/C13H15BrFN3S/c1-7-8(2)19-13(17-7)6-12(18-16)9-3-10(14)5-11(15)4-9/h3-5,12,18H,6,16H2,1-2H3. The Morgan fingerprint density at radius 2 is 2.16 bits per heavy atom. The SMILES string of the molecule is Cc1nc(CC(NN)c2cc(F)cc(Br)c2)sc1C. The predicted molar refractivity (Wildman–Crippen MR) is 79.5 cm³/mol. The highest BCUT2D eigenvalue weighted by Crippen LogP contribution is 2.25. The Labute approximate surface area is 124 Å². The molecule has 0 spiro atoms. The highest BCUT2D eigenvalue weighted by Gasteiger charge is 2.15. The van der Waals surface area contributed by atoms with Crippen molar-refractivity contribution in [2.45, 2.75) is 26.3 Å². The smallest absolute Gasteiger partial charge is 0.124 e. The number of rotatable bonds is 4. The van der Waals surface area contributed by atoms with Crippen molar-refractivity contribution in [3.05, 3.63) is 49.6 Å². The molecule has 2 rings (SSSR count). The average molecular weight is 344 g/mol. The first-order chi connectivity index (χ1) is 8.99. The summed E-state index contributed by atoms with van der Waals surface area (Å²) in [6.45, 7) is 4.03. The fourth-order valence-corrected chi connectivity index (χ4v) is 3.31. The topological polar surface area (TPSA) is 50.9 Å². The van der Waals surface area contributed by atoms with Gasteiger partial charge in [-0.1, -0.05) is 15.9 Å². The first-order valence-corrected chi connectivity index (χ1v) is 7.45. The number of nitrogens with zero attached hydrogens (tertiary/aromatic N) is 1. The van der Waals surface area contributed by atoms with E-state index in [1.807, 2.05) is 19.9 Å². The van der Waals surface area contributed by atoms with E-state index in [0.29, 0.717) is 10.9 Å². The molecule has 2 aromatic rings. The molecule has 19 heavy (non-hydrogen) atoms. The van der Waals surface area contributed by atoms with Gasteiger partial charge in [0.05, 0.1) is 16.7 Å². The molecule has 0 aliphatic carbocycles. The summed E-state index contributed by atoms with van der Waals surface area (Å²) in [4.78, 5) is 5.69. The second-order valence-electron chi connectivity index (χ2n) is 4.38. The van der Waals surface area contributed by atoms with Crippen molar-refractivity contribution < 1.29 is 4.39 Å². The molecule has 0 saturated heterocycles. The third kappa shape index (κ3) is 3.60. The van der Waals surface area contributed by atoms with Gasteiger partial charge in [0, 0.05) is 15.8 Å². The molecule has 1 unspecified atom stereocenters. The van der Waals surface area contributed by atoms with Crippen molar-refractivity contribution >= 4 is 27.3 Å². The molecule has 102 valence electrons. The van der Waals surface area contributed by atoms with Crippen molar-refractivity contribution in [2.24, 2.45) is 5.84 Å². The van der Waals surface area contributed by atoms with Crippen LogP contribution in [0.4, 0.5) is 4.39 Å². The van der Waals surface area contributed by atoms with Crippen LogP contribution in [0.1, 0.15) is 27.2 Å². The van der Waals surface area contributed by atoms with E-state index >= 15 is 0 Å². The highest BCUT2D eigenvalue weighted by molar-refractivity contribution is 9.10. The molecule has 1 heterocycles. The highest BCUT2D eigenvalue weighted by atomic mass is 79.9. The summed E-state index contributed by atoms with van der Waals surface area (Å²) in [6.07, 6.45) is 0.645. The Morgan fingerprint density at radius 1 is 1.42 bits per heavy atom. The zero-order valence-corrected chi connectivity index (χ0v) is 13.1. The van der Waals surface area contributed by atoms with E-state index in [2.05, 4.69) is 26.3 Å². The van der Waals surface area contributed by atoms with Crippen molar-refractivity contribution in [1.82, 2.24) is 10.4 Å². The van der Waals surface area contributed by atoms with E-state index in [4.69, 9.17) is 5.84 Å². The number of hydrazine groups is 1. The Kier molecular flexibility index (Phi) is 4.67. The van der Waals surface area contributed by atoms with Gasteiger partial charge in [0.1, 0.15) is 5.82 Å². The molecule has 3 N–H and O–H groups in total. The van der Waals surface area contributed by atoms with Gasteiger partial charge in [0.15, 0.2) is 0 Å². The van der Waals surface area contributed by atoms with Gasteiger partial charge in [-0.3, -0.25) is 11.3 Å². The van der Waals surface area contributed by atoms with E-state index in [1.165, 1.54) is 17.0 Å². The summed E-state index contributed by atoms with van der Waals surface area (Å²) in [5, 5.41) is 0.998. The molecule has 0 amide bonds. The van der Waals surface area contributed by atoms with Gasteiger partial charge in [-0.15, -0.1) is 11.3 Å². The van der Waals surface area contributed by atoms with E-state index in [0.717, 1.165) is 16.3 Å². The van der Waals surface area contributed by atoms with Crippen LogP contribution in [0, 0.1) is 19.7 Å². The molecular formula is C13H15BrFN3S. The van der Waals surface area contributed by atoms with Crippen LogP contribution in [0.2, 0.25) is 0 Å². The molecule has 0 aliphatic heterocycles. The predicted octanol–water partition coefficient (Wildman–Crippen LogP) is 3.41. The Bertz CT molecular complexity index is 546. The van der Waals surface area contributed by atoms with Crippen LogP contribution in [-0.4, -0.2) is 4.98 Å². The van der Waals surface area contributed by atoms with Crippen LogP contribution in [0.25, 0.3) is 0 Å². The zero-order chi connectivity index (χ0) is 14.0. The minimum Gasteiger partial charge on any atom is -0.271 e. The lowest BCUT2D eigenvalue weighted by molar-refractivity contribution is 0.542. The molecule has 3 nitrogen and oxygen atoms in total. The quantitative estimate of drug-likeness (QED) is 0.660. The largest absolute Gasteiger partial charge is 0.271 e. The van der Waals surface area contributed by atoms with Gasteiger partial charge >= 0.3 is 0 Å². The Balaban J connectivity index is 2.24. The number of aromatic nitrogens is 1. The molecule has 0 aliphatic rings. The zero-order valence-electron chi connectivity index (χ0n) is 10.7. The van der Waals surface area contributed by atoms with Crippen LogP contribution in [0.3, 0.4) is 0 Å². The number of hydrogen-bond donors (Lipinski definition) is 2. The lowest BCUT2D eigenvalue weighted by atomic mass is 10.0. The van der Waals surface area contributed by atoms with Crippen LogP contribution in [-0.2, 0) is 6.42 Å². The number of halogens is 2. The first-order valence-electron chi connectivity index (χ1n) is 5.84. The molecule has 1 aromatic carbocycles. The summed E-state index contributed by atoms with van der Waals surface area (Å²) < 4.78 is 14.1. The average Bonchev–Trinajstić information content (AvgIpc) is 2.64. The number of benzene rings is 1. The Hall–Kier alpha value is -0.820. The number of nitrogens with two attached hydrogens (primary N) is 1. The van der Waals surface area contributed by atoms with Gasteiger partial charge in [-0.05, 0) is 37.6 Å². The van der Waals surface area contributed by atoms with Crippen molar-refractivity contribution in [3.63, 3.8) is 0 Å². The molecule has 1 atom stereocenters. The van der Waals surface area contributed by atoms with Crippen molar-refractivity contribution in [2.75, 3.05) is 0 Å². The molecule has 0 radical (unpaired) electrons. The Morgan fingerprint density at radius 3 is 2.68 bits per heavy atom. The number of aryl methyl sites for hydroxylation is 2. The summed E-state index contributed by atoms with van der Waals surface area (Å²) in [7, 11) is 0. The lowest BCUT2D eigenvalue weighted by Crippen LogP contribution is -2.29. The normalized spacial score (nSPS) is 12.7. The van der Waals surface area contributed by atoms with Crippen LogP contribution < -0.4 is 11.3 Å². The molecule has 1 aromatic heterocycles. The van der Waals surface area contributed by atoms with E-state index < -0.39 is 0 Å². The van der Waals surface area contributed by atoms with Crippen LogP contribution in [0.15, 0.2) is 22.7 Å². The lowest BCUT2D eigenvalue weighted by Gasteiger charge is -2.15. The van der Waals surface area contributed by atoms with Crippen LogP contribution >= 0.6 is 27.3 Å². The van der Waals surface area contributed by atoms with E-state index in [1.54, 1.807) is 11.3 Å². The molecule has 6 heteroatoms. The van der Waals surface area contributed by atoms with Crippen LogP contribution in [0.5, 0.6) is 0 Å². The second-order valence-corrected chi connectivity index (χ2v) is 6.58. The summed E-state index contributed by atoms with van der Waals surface area (Å²) in [6, 6.07) is 4.62. The molecule has 0 saturated carbocycles. The van der Waals surface area contributed by atoms with Crippen molar-refractivity contribution in [1.29, 1.82) is 0 Å². The number of nitrogens with one attached hydrogen (secondary N) is 1. The monoisotopic (exact) mass is 343 g/mol. The van der Waals surface area contributed by atoms with E-state index in [-0.39, 0.29) is 11.9 Å². The van der Waals surface area contributed by atoms with Gasteiger partial charge in [0.2, 0.25) is 0 Å².